The van der Waals surface area contributed by atoms with Crippen molar-refractivity contribution < 1.29 is 9.53 Å². The van der Waals surface area contributed by atoms with Crippen molar-refractivity contribution in [1.82, 2.24) is 10.2 Å². The van der Waals surface area contributed by atoms with E-state index in [2.05, 4.69) is 17.1 Å². The number of halogens is 1. The average Bonchev–Trinajstić information content (AvgIpc) is 2.89. The molecule has 22 heavy (non-hydrogen) atoms. The number of nitrogens with zero attached hydrogens (tertiary/aromatic N) is 1. The predicted molar refractivity (Wildman–Crippen MR) is 92.6 cm³/mol. The summed E-state index contributed by atoms with van der Waals surface area (Å²) in [6, 6.07) is 0.359. The number of amides is 1. The Balaban J connectivity index is 0.00000242. The van der Waals surface area contributed by atoms with Crippen LogP contribution in [0.5, 0.6) is 0 Å². The largest absolute Gasteiger partial charge is 0.365 e. The molecule has 2 unspecified atom stereocenters. The van der Waals surface area contributed by atoms with Crippen molar-refractivity contribution >= 4 is 18.3 Å². The lowest BCUT2D eigenvalue weighted by Crippen LogP contribution is -2.47. The molecule has 0 aromatic heterocycles. The van der Waals surface area contributed by atoms with E-state index < -0.39 is 0 Å². The summed E-state index contributed by atoms with van der Waals surface area (Å²) in [4.78, 5) is 14.8. The van der Waals surface area contributed by atoms with Gasteiger partial charge in [0.15, 0.2) is 0 Å². The first kappa shape index (κ1) is 19.7. The van der Waals surface area contributed by atoms with E-state index in [0.29, 0.717) is 6.04 Å². The fraction of sp³-hybridized carbons (Fsp3) is 0.941. The minimum Gasteiger partial charge on any atom is -0.365 e. The monoisotopic (exact) mass is 332 g/mol. The smallest absolute Gasteiger partial charge is 0.251 e. The van der Waals surface area contributed by atoms with Crippen molar-refractivity contribution in [3.63, 3.8) is 0 Å². The predicted octanol–water partition coefficient (Wildman–Crippen LogP) is 3.14. The Morgan fingerprint density at radius 1 is 1.23 bits per heavy atom. The van der Waals surface area contributed by atoms with Crippen molar-refractivity contribution in [3.05, 3.63) is 0 Å². The highest BCUT2D eigenvalue weighted by Crippen LogP contribution is 2.22. The molecule has 1 amide bonds. The van der Waals surface area contributed by atoms with Crippen molar-refractivity contribution in [1.29, 1.82) is 0 Å². The van der Waals surface area contributed by atoms with Gasteiger partial charge in [0.05, 0.1) is 6.10 Å². The molecule has 0 bridgehead atoms. The van der Waals surface area contributed by atoms with E-state index in [9.17, 15) is 4.79 Å². The van der Waals surface area contributed by atoms with Crippen molar-refractivity contribution in [2.75, 3.05) is 19.6 Å². The molecule has 2 fully saturated rings. The number of carbonyl (C=O) groups is 1. The first-order valence-electron chi connectivity index (χ1n) is 8.89. The van der Waals surface area contributed by atoms with Gasteiger partial charge in [0.25, 0.3) is 5.91 Å². The Kier molecular flexibility index (Phi) is 9.37. The average molecular weight is 333 g/mol. The number of hydrogen-bond donors (Lipinski definition) is 1. The first-order valence-corrected chi connectivity index (χ1v) is 8.89. The second kappa shape index (κ2) is 10.5. The molecule has 1 aliphatic heterocycles. The third kappa shape index (κ3) is 5.71. The second-order valence-corrected chi connectivity index (χ2v) is 6.57. The van der Waals surface area contributed by atoms with Gasteiger partial charge in [-0.1, -0.05) is 32.6 Å². The first-order chi connectivity index (χ1) is 10.2. The maximum atomic E-state index is 12.8. The molecule has 1 N–H and O–H groups in total. The molecule has 2 aliphatic rings. The lowest BCUT2D eigenvalue weighted by atomic mass is 10.1. The van der Waals surface area contributed by atoms with E-state index in [1.165, 1.54) is 25.7 Å². The second-order valence-electron chi connectivity index (χ2n) is 6.57. The molecule has 0 aromatic rings. The van der Waals surface area contributed by atoms with Crippen LogP contribution < -0.4 is 5.32 Å². The molecule has 0 radical (unpaired) electrons. The van der Waals surface area contributed by atoms with Crippen molar-refractivity contribution in [2.24, 2.45) is 0 Å². The molecule has 1 saturated carbocycles. The van der Waals surface area contributed by atoms with E-state index in [-0.39, 0.29) is 30.5 Å². The maximum Gasteiger partial charge on any atom is 0.251 e. The minimum absolute atomic E-state index is 0. The third-order valence-corrected chi connectivity index (χ3v) is 4.77. The van der Waals surface area contributed by atoms with Crippen LogP contribution in [0.2, 0.25) is 0 Å². The molecule has 2 atom stereocenters. The quantitative estimate of drug-likeness (QED) is 0.760. The Morgan fingerprint density at radius 2 is 1.91 bits per heavy atom. The molecule has 1 aliphatic carbocycles. The number of rotatable bonds is 6. The number of carbonyl (C=O) groups excluding carboxylic acids is 1. The highest BCUT2D eigenvalue weighted by Gasteiger charge is 2.30. The Morgan fingerprint density at radius 3 is 2.45 bits per heavy atom. The minimum atomic E-state index is -0.291. The van der Waals surface area contributed by atoms with Gasteiger partial charge in [-0.25, -0.2) is 0 Å². The summed E-state index contributed by atoms with van der Waals surface area (Å²) in [7, 11) is 0. The normalized spacial score (nSPS) is 24.4. The molecule has 0 aromatic carbocycles. The Bertz CT molecular complexity index is 314. The molecule has 1 heterocycles. The number of hydrogen-bond acceptors (Lipinski definition) is 3. The van der Waals surface area contributed by atoms with E-state index in [4.69, 9.17) is 4.74 Å². The van der Waals surface area contributed by atoms with Gasteiger partial charge in [0.1, 0.15) is 6.10 Å². The van der Waals surface area contributed by atoms with Gasteiger partial charge in [0.2, 0.25) is 0 Å². The zero-order valence-electron chi connectivity index (χ0n) is 14.2. The lowest BCUT2D eigenvalue weighted by Gasteiger charge is -2.32. The summed E-state index contributed by atoms with van der Waals surface area (Å²) in [5, 5.41) is 3.36. The standard InChI is InChI=1S/C17H32N2O2.ClH/c1-3-12-19(15-10-11-18-13-15)17(20)14(2)21-16-8-6-4-5-7-9-16;/h14-16,18H,3-13H2,1-2H3;1H. The van der Waals surface area contributed by atoms with Gasteiger partial charge in [-0.15, -0.1) is 12.4 Å². The van der Waals surface area contributed by atoms with Gasteiger partial charge in [-0.3, -0.25) is 4.79 Å². The summed E-state index contributed by atoms with van der Waals surface area (Å²) in [5.41, 5.74) is 0. The van der Waals surface area contributed by atoms with Gasteiger partial charge < -0.3 is 15.0 Å². The van der Waals surface area contributed by atoms with Gasteiger partial charge in [-0.2, -0.15) is 0 Å². The van der Waals surface area contributed by atoms with E-state index in [1.54, 1.807) is 0 Å². The summed E-state index contributed by atoms with van der Waals surface area (Å²) in [6.07, 6.45) is 9.45. The lowest BCUT2D eigenvalue weighted by molar-refractivity contribution is -0.148. The van der Waals surface area contributed by atoms with Crippen molar-refractivity contribution in [2.45, 2.75) is 83.5 Å². The van der Waals surface area contributed by atoms with Crippen LogP contribution in [0.4, 0.5) is 0 Å². The Hall–Kier alpha value is -0.320. The molecule has 0 spiro atoms. The zero-order chi connectivity index (χ0) is 15.1. The van der Waals surface area contributed by atoms with E-state index >= 15 is 0 Å². The molecular weight excluding hydrogens is 300 g/mol. The molecule has 1 saturated heterocycles. The van der Waals surface area contributed by atoms with Crippen LogP contribution in [-0.4, -0.2) is 48.7 Å². The Labute approximate surface area is 141 Å². The zero-order valence-corrected chi connectivity index (χ0v) is 15.0. The van der Waals surface area contributed by atoms with Crippen LogP contribution in [0.3, 0.4) is 0 Å². The molecule has 130 valence electrons. The van der Waals surface area contributed by atoms with Gasteiger partial charge >= 0.3 is 0 Å². The van der Waals surface area contributed by atoms with Crippen LogP contribution in [0.15, 0.2) is 0 Å². The highest BCUT2D eigenvalue weighted by molar-refractivity contribution is 5.85. The van der Waals surface area contributed by atoms with Crippen LogP contribution in [-0.2, 0) is 9.53 Å². The third-order valence-electron chi connectivity index (χ3n) is 4.77. The highest BCUT2D eigenvalue weighted by atomic mass is 35.5. The summed E-state index contributed by atoms with van der Waals surface area (Å²) in [5.74, 6) is 0.190. The topological polar surface area (TPSA) is 41.6 Å². The SMILES string of the molecule is CCCN(C(=O)C(C)OC1CCCCCC1)C1CCNC1.Cl. The van der Waals surface area contributed by atoms with E-state index in [0.717, 1.165) is 45.3 Å². The van der Waals surface area contributed by atoms with Gasteiger partial charge in [-0.05, 0) is 39.2 Å². The fourth-order valence-electron chi connectivity index (χ4n) is 3.58. The number of ether oxygens (including phenoxy) is 1. The summed E-state index contributed by atoms with van der Waals surface area (Å²) >= 11 is 0. The van der Waals surface area contributed by atoms with Crippen molar-refractivity contribution in [3.8, 4) is 0 Å². The van der Waals surface area contributed by atoms with Crippen LogP contribution in [0, 0.1) is 0 Å². The molecule has 2 rings (SSSR count). The number of nitrogens with one attached hydrogen (secondary N) is 1. The van der Waals surface area contributed by atoms with Crippen LogP contribution in [0.25, 0.3) is 0 Å². The van der Waals surface area contributed by atoms with E-state index in [1.807, 2.05) is 6.92 Å². The van der Waals surface area contributed by atoms with Crippen LogP contribution >= 0.6 is 12.4 Å². The van der Waals surface area contributed by atoms with Gasteiger partial charge in [0, 0.05) is 19.1 Å². The molecule has 5 heteroatoms. The fourth-order valence-corrected chi connectivity index (χ4v) is 3.58. The molecular formula is C17H33ClN2O2. The summed E-state index contributed by atoms with van der Waals surface area (Å²) < 4.78 is 6.11. The summed E-state index contributed by atoms with van der Waals surface area (Å²) in [6.45, 7) is 6.89. The maximum absolute atomic E-state index is 12.8. The molecule has 4 nitrogen and oxygen atoms in total. The van der Waals surface area contributed by atoms with Crippen LogP contribution in [0.1, 0.15) is 65.2 Å².